The number of ether oxygens (including phenoxy) is 2. The first kappa shape index (κ1) is 33.5. The number of rotatable bonds is 10. The summed E-state index contributed by atoms with van der Waals surface area (Å²) in [5.74, 6) is 4.74. The molecule has 2 heterocycles. The van der Waals surface area contributed by atoms with Crippen molar-refractivity contribution in [1.29, 1.82) is 0 Å². The van der Waals surface area contributed by atoms with Crippen LogP contribution in [0.3, 0.4) is 0 Å². The number of Topliss-reactive ketones (excluding diaryl/α,β-unsaturated/α-hetero) is 1. The molecule has 1 N–H and O–H groups in total. The molecular weight excluding hydrogens is 739 g/mol. The molecule has 3 aliphatic carbocycles. The maximum atomic E-state index is 13.4. The Balaban J connectivity index is 1.46. The molecule has 6 rings (SSSR count). The summed E-state index contributed by atoms with van der Waals surface area (Å²) in [6.07, 6.45) is 30.1. The third-order valence-corrected chi connectivity index (χ3v) is 19.3. The SMILES string of the molecule is CCC(=O)C[C@@H](C1CCCCCCC1)C12CCC(CO)I(CC3CC3)Cc3cc(O/C4=C/C=C\C=C/C=C\C4)c(Br)c(c31)OC2. The number of allylic oxidation sites excluding steroid dienone is 7. The Morgan fingerprint density at radius 2 is 1.82 bits per heavy atom. The number of halogens is 2. The molecule has 5 aliphatic rings. The van der Waals surface area contributed by atoms with Crippen molar-refractivity contribution in [3.8, 4) is 11.5 Å². The van der Waals surface area contributed by atoms with E-state index in [4.69, 9.17) is 9.47 Å². The molecular formula is C39H52BrIO4. The first-order valence-electron chi connectivity index (χ1n) is 17.6. The van der Waals surface area contributed by atoms with E-state index >= 15 is 0 Å². The van der Waals surface area contributed by atoms with Gasteiger partial charge in [-0.3, -0.25) is 0 Å². The molecule has 0 saturated heterocycles. The average molecular weight is 792 g/mol. The van der Waals surface area contributed by atoms with Gasteiger partial charge in [0.05, 0.1) is 0 Å². The van der Waals surface area contributed by atoms with Crippen LogP contribution in [0.25, 0.3) is 0 Å². The summed E-state index contributed by atoms with van der Waals surface area (Å²) in [4.78, 5) is 13.4. The van der Waals surface area contributed by atoms with Crippen LogP contribution in [0.4, 0.5) is 0 Å². The molecule has 0 spiro atoms. The molecule has 2 saturated carbocycles. The van der Waals surface area contributed by atoms with Crippen molar-refractivity contribution < 1.29 is 19.4 Å². The van der Waals surface area contributed by atoms with Crippen LogP contribution in [-0.4, -0.2) is 32.5 Å². The van der Waals surface area contributed by atoms with Gasteiger partial charge in [-0.05, 0) is 0 Å². The third kappa shape index (κ3) is 7.85. The van der Waals surface area contributed by atoms with E-state index in [-0.39, 0.29) is 11.3 Å². The van der Waals surface area contributed by atoms with Crippen LogP contribution in [0.15, 0.2) is 58.8 Å². The molecule has 1 aromatic carbocycles. The monoisotopic (exact) mass is 790 g/mol. The van der Waals surface area contributed by atoms with Gasteiger partial charge in [-0.2, -0.15) is 0 Å². The zero-order valence-corrected chi connectivity index (χ0v) is 30.8. The van der Waals surface area contributed by atoms with Crippen LogP contribution >= 0.6 is 35.7 Å². The second kappa shape index (κ2) is 15.7. The number of aliphatic hydroxyl groups excluding tert-OH is 1. The van der Waals surface area contributed by atoms with E-state index in [2.05, 4.69) is 40.2 Å². The number of aliphatic hydroxyl groups is 1. The van der Waals surface area contributed by atoms with Crippen molar-refractivity contribution in [3.05, 3.63) is 70.0 Å². The summed E-state index contributed by atoms with van der Waals surface area (Å²) in [5, 5.41) is 10.8. The summed E-state index contributed by atoms with van der Waals surface area (Å²) in [6, 6.07) is 2.33. The van der Waals surface area contributed by atoms with Gasteiger partial charge in [-0.1, -0.05) is 0 Å². The van der Waals surface area contributed by atoms with E-state index in [0.29, 0.717) is 48.1 Å². The van der Waals surface area contributed by atoms with Crippen molar-refractivity contribution >= 4 is 41.5 Å². The molecule has 45 heavy (non-hydrogen) atoms. The van der Waals surface area contributed by atoms with Crippen molar-refractivity contribution in [3.63, 3.8) is 0 Å². The summed E-state index contributed by atoms with van der Waals surface area (Å²) in [7, 11) is 0. The first-order chi connectivity index (χ1) is 22.0. The molecule has 4 nitrogen and oxygen atoms in total. The molecule has 2 unspecified atom stereocenters. The van der Waals surface area contributed by atoms with Crippen LogP contribution in [0.1, 0.15) is 108 Å². The van der Waals surface area contributed by atoms with Gasteiger partial charge in [-0.25, -0.2) is 0 Å². The molecule has 6 heteroatoms. The van der Waals surface area contributed by atoms with Crippen molar-refractivity contribution in [2.24, 2.45) is 17.8 Å². The summed E-state index contributed by atoms with van der Waals surface area (Å²) >= 11 is 2.47. The van der Waals surface area contributed by atoms with Crippen molar-refractivity contribution in [1.82, 2.24) is 0 Å². The Morgan fingerprint density at radius 1 is 1.07 bits per heavy atom. The molecule has 1 aromatic rings. The quantitative estimate of drug-likeness (QED) is 0.189. The van der Waals surface area contributed by atoms with Crippen LogP contribution < -0.4 is 9.47 Å². The number of carbonyl (C=O) groups is 1. The van der Waals surface area contributed by atoms with Gasteiger partial charge < -0.3 is 0 Å². The zero-order chi connectivity index (χ0) is 31.2. The van der Waals surface area contributed by atoms with Crippen LogP contribution in [0.2, 0.25) is 0 Å². The second-order valence-electron chi connectivity index (χ2n) is 14.0. The number of hydrogen-bond acceptors (Lipinski definition) is 4. The normalized spacial score (nSPS) is 30.3. The Labute approximate surface area is 286 Å². The molecule has 3 atom stereocenters. The number of alkyl halides is 3. The zero-order valence-electron chi connectivity index (χ0n) is 27.1. The fourth-order valence-corrected chi connectivity index (χ4v) is 16.3. The summed E-state index contributed by atoms with van der Waals surface area (Å²) in [5.41, 5.74) is 2.57. The predicted molar refractivity (Wildman–Crippen MR) is 197 cm³/mol. The van der Waals surface area contributed by atoms with Gasteiger partial charge in [0.25, 0.3) is 0 Å². The van der Waals surface area contributed by atoms with Crippen LogP contribution in [0, 0.1) is 17.8 Å². The van der Waals surface area contributed by atoms with E-state index in [9.17, 15) is 9.90 Å². The summed E-state index contributed by atoms with van der Waals surface area (Å²) in [6.45, 7) is 2.96. The molecule has 0 aromatic heterocycles. The van der Waals surface area contributed by atoms with E-state index in [1.54, 1.807) is 0 Å². The Kier molecular flexibility index (Phi) is 11.7. The van der Waals surface area contributed by atoms with E-state index in [1.807, 2.05) is 31.2 Å². The Bertz CT molecular complexity index is 1320. The Morgan fingerprint density at radius 3 is 2.58 bits per heavy atom. The van der Waals surface area contributed by atoms with Gasteiger partial charge in [0.2, 0.25) is 0 Å². The Hall–Kier alpha value is -1.38. The van der Waals surface area contributed by atoms with Gasteiger partial charge in [0.1, 0.15) is 0 Å². The van der Waals surface area contributed by atoms with Crippen LogP contribution in [-0.2, 0) is 14.6 Å². The third-order valence-electron chi connectivity index (χ3n) is 10.9. The minimum atomic E-state index is -1.52. The number of benzene rings is 1. The molecule has 0 amide bonds. The molecule has 2 aliphatic heterocycles. The molecule has 0 radical (unpaired) electrons. The number of hydrogen-bond donors (Lipinski definition) is 1. The van der Waals surface area contributed by atoms with Crippen molar-refractivity contribution in [2.45, 2.75) is 111 Å². The van der Waals surface area contributed by atoms with Gasteiger partial charge in [0.15, 0.2) is 0 Å². The first-order valence-corrected chi connectivity index (χ1v) is 22.7. The van der Waals surface area contributed by atoms with Crippen LogP contribution in [0.5, 0.6) is 11.5 Å². The predicted octanol–water partition coefficient (Wildman–Crippen LogP) is 10.3. The molecule has 2 fully saturated rings. The second-order valence-corrected chi connectivity index (χ2v) is 21.0. The maximum absolute atomic E-state index is 13.4. The molecule has 0 bridgehead atoms. The fourth-order valence-electron chi connectivity index (χ4n) is 8.25. The fraction of sp³-hybridized carbons (Fsp3) is 0.615. The van der Waals surface area contributed by atoms with Gasteiger partial charge in [-0.15, -0.1) is 0 Å². The molecule has 246 valence electrons. The minimum absolute atomic E-state index is 0.204. The van der Waals surface area contributed by atoms with Crippen molar-refractivity contribution in [2.75, 3.05) is 17.6 Å². The van der Waals surface area contributed by atoms with E-state index in [1.165, 1.54) is 73.3 Å². The van der Waals surface area contributed by atoms with E-state index < -0.39 is 19.8 Å². The summed E-state index contributed by atoms with van der Waals surface area (Å²) < 4.78 is 17.3. The topological polar surface area (TPSA) is 55.8 Å². The van der Waals surface area contributed by atoms with Gasteiger partial charge in [0, 0.05) is 0 Å². The number of ketones is 1. The van der Waals surface area contributed by atoms with Gasteiger partial charge >= 0.3 is 288 Å². The van der Waals surface area contributed by atoms with E-state index in [0.717, 1.165) is 44.9 Å². The number of carbonyl (C=O) groups excluding carboxylic acids is 1. The average Bonchev–Trinajstić information content (AvgIpc) is 3.73. The standard InChI is InChI=1S/C39H52BrIO4/c1-2-32(43)23-34(29-14-10-6-5-7-11-15-29)39-21-20-31(26-42)41(24-28-18-19-28)25-30-22-35(37(40)38(36(30)39)44-27-39)45-33-16-12-8-3-4-9-13-17-33/h3-4,8-9,12-13,16,22,28-29,31,34,42H,2,5-7,10-11,14-15,17-21,23-27H2,1H3/b4-3-,12-8-,13-9-,33-16+/t31?,34-,39?/m0/s1.